The second-order valence-corrected chi connectivity index (χ2v) is 6.00. The minimum atomic E-state index is 0.582. The molecule has 1 aliphatic carbocycles. The van der Waals surface area contributed by atoms with Crippen LogP contribution >= 0.6 is 0 Å². The van der Waals surface area contributed by atoms with E-state index >= 15 is 0 Å². The summed E-state index contributed by atoms with van der Waals surface area (Å²) in [6.07, 6.45) is 3.58. The molecule has 2 heteroatoms. The zero-order chi connectivity index (χ0) is 13.5. The molecule has 0 bridgehead atoms. The maximum atomic E-state index is 5.90. The van der Waals surface area contributed by atoms with Crippen LogP contribution in [0.25, 0.3) is 0 Å². The Labute approximate surface area is 120 Å². The summed E-state index contributed by atoms with van der Waals surface area (Å²) in [7, 11) is 0. The van der Waals surface area contributed by atoms with Gasteiger partial charge in [-0.1, -0.05) is 30.3 Å². The average molecular weight is 264 g/mol. The second kappa shape index (κ2) is 4.64. The van der Waals surface area contributed by atoms with Crippen LogP contribution in [0.4, 0.5) is 5.69 Å². The molecule has 1 heterocycles. The van der Waals surface area contributed by atoms with Crippen LogP contribution in [-0.2, 0) is 19.4 Å². The van der Waals surface area contributed by atoms with Crippen LogP contribution in [0.3, 0.4) is 0 Å². The minimum absolute atomic E-state index is 0.582. The largest absolute Gasteiger partial charge is 0.399 e. The van der Waals surface area contributed by atoms with Crippen molar-refractivity contribution in [3.8, 4) is 0 Å². The molecule has 2 aromatic rings. The molecule has 1 unspecified atom stereocenters. The van der Waals surface area contributed by atoms with Crippen LogP contribution in [0.15, 0.2) is 42.5 Å². The van der Waals surface area contributed by atoms with Crippen LogP contribution in [-0.4, -0.2) is 11.4 Å². The molecule has 20 heavy (non-hydrogen) atoms. The Morgan fingerprint density at radius 2 is 1.80 bits per heavy atom. The smallest absolute Gasteiger partial charge is 0.0357 e. The van der Waals surface area contributed by atoms with Crippen LogP contribution in [0.1, 0.15) is 34.7 Å². The topological polar surface area (TPSA) is 29.3 Å². The standard InChI is InChI=1S/C18H20N2/c19-16-6-7-17-14(11-16)5-8-18(17)20-10-9-13-3-1-2-4-15(13)12-20/h1-4,6-7,11,18H,5,8-10,12,19H2. The van der Waals surface area contributed by atoms with E-state index in [-0.39, 0.29) is 0 Å². The van der Waals surface area contributed by atoms with Crippen molar-refractivity contribution < 1.29 is 0 Å². The lowest BCUT2D eigenvalue weighted by molar-refractivity contribution is 0.179. The quantitative estimate of drug-likeness (QED) is 0.801. The first kappa shape index (κ1) is 12.0. The first-order valence-corrected chi connectivity index (χ1v) is 7.50. The summed E-state index contributed by atoms with van der Waals surface area (Å²) in [5, 5.41) is 0. The third-order valence-electron chi connectivity index (χ3n) is 4.81. The maximum Gasteiger partial charge on any atom is 0.0357 e. The van der Waals surface area contributed by atoms with E-state index in [9.17, 15) is 0 Å². The van der Waals surface area contributed by atoms with E-state index in [0.29, 0.717) is 6.04 Å². The fourth-order valence-corrected chi connectivity index (χ4v) is 3.78. The minimum Gasteiger partial charge on any atom is -0.399 e. The molecule has 2 nitrogen and oxygen atoms in total. The van der Waals surface area contributed by atoms with E-state index in [4.69, 9.17) is 5.73 Å². The zero-order valence-corrected chi connectivity index (χ0v) is 11.7. The number of hydrogen-bond donors (Lipinski definition) is 1. The van der Waals surface area contributed by atoms with Gasteiger partial charge >= 0.3 is 0 Å². The first-order valence-electron chi connectivity index (χ1n) is 7.50. The zero-order valence-electron chi connectivity index (χ0n) is 11.7. The van der Waals surface area contributed by atoms with Gasteiger partial charge in [0.05, 0.1) is 0 Å². The number of nitrogen functional groups attached to an aromatic ring is 1. The predicted octanol–water partition coefficient (Wildman–Crippen LogP) is 3.31. The Morgan fingerprint density at radius 3 is 2.70 bits per heavy atom. The molecule has 2 aromatic carbocycles. The van der Waals surface area contributed by atoms with Crippen LogP contribution in [0.5, 0.6) is 0 Å². The Bertz CT molecular complexity index is 648. The molecule has 1 aliphatic heterocycles. The highest BCUT2D eigenvalue weighted by Gasteiger charge is 2.29. The van der Waals surface area contributed by atoms with Gasteiger partial charge in [0.2, 0.25) is 0 Å². The molecule has 0 saturated heterocycles. The van der Waals surface area contributed by atoms with Crippen molar-refractivity contribution in [2.45, 2.75) is 31.8 Å². The predicted molar refractivity (Wildman–Crippen MR) is 82.5 cm³/mol. The molecule has 0 saturated carbocycles. The van der Waals surface area contributed by atoms with Crippen molar-refractivity contribution >= 4 is 5.69 Å². The van der Waals surface area contributed by atoms with Gasteiger partial charge in [0, 0.05) is 24.8 Å². The highest BCUT2D eigenvalue weighted by molar-refractivity contribution is 5.48. The van der Waals surface area contributed by atoms with Crippen molar-refractivity contribution in [3.05, 3.63) is 64.7 Å². The van der Waals surface area contributed by atoms with Gasteiger partial charge in [0.25, 0.3) is 0 Å². The molecular weight excluding hydrogens is 244 g/mol. The molecule has 2 aliphatic rings. The van der Waals surface area contributed by atoms with Crippen LogP contribution in [0, 0.1) is 0 Å². The highest BCUT2D eigenvalue weighted by Crippen LogP contribution is 2.38. The summed E-state index contributed by atoms with van der Waals surface area (Å²) in [6.45, 7) is 2.26. The van der Waals surface area contributed by atoms with Gasteiger partial charge in [-0.05, 0) is 53.6 Å². The molecule has 4 rings (SSSR count). The maximum absolute atomic E-state index is 5.90. The van der Waals surface area contributed by atoms with Crippen molar-refractivity contribution in [2.24, 2.45) is 0 Å². The summed E-state index contributed by atoms with van der Waals surface area (Å²) in [5.41, 5.74) is 12.8. The van der Waals surface area contributed by atoms with Gasteiger partial charge in [0.1, 0.15) is 0 Å². The Hall–Kier alpha value is -1.80. The second-order valence-electron chi connectivity index (χ2n) is 6.00. The monoisotopic (exact) mass is 264 g/mol. The summed E-state index contributed by atoms with van der Waals surface area (Å²) in [5.74, 6) is 0. The lowest BCUT2D eigenvalue weighted by Gasteiger charge is -2.34. The Morgan fingerprint density at radius 1 is 0.950 bits per heavy atom. The van der Waals surface area contributed by atoms with Gasteiger partial charge in [-0.15, -0.1) is 0 Å². The van der Waals surface area contributed by atoms with Gasteiger partial charge in [-0.2, -0.15) is 0 Å². The molecular formula is C18H20N2. The normalized spacial score (nSPS) is 21.5. The number of rotatable bonds is 1. The number of aryl methyl sites for hydroxylation is 1. The summed E-state index contributed by atoms with van der Waals surface area (Å²) in [6, 6.07) is 15.9. The van der Waals surface area contributed by atoms with Crippen molar-refractivity contribution in [1.29, 1.82) is 0 Å². The SMILES string of the molecule is Nc1ccc2c(c1)CCC2N1CCc2ccccc2C1. The van der Waals surface area contributed by atoms with E-state index in [0.717, 1.165) is 12.2 Å². The van der Waals surface area contributed by atoms with Crippen molar-refractivity contribution in [2.75, 3.05) is 12.3 Å². The third-order valence-corrected chi connectivity index (χ3v) is 4.81. The van der Waals surface area contributed by atoms with E-state index in [2.05, 4.69) is 47.4 Å². The fourth-order valence-electron chi connectivity index (χ4n) is 3.78. The number of fused-ring (bicyclic) bond motifs is 2. The lowest BCUT2D eigenvalue weighted by atomic mass is 9.97. The van der Waals surface area contributed by atoms with Gasteiger partial charge in [-0.25, -0.2) is 0 Å². The molecule has 0 aromatic heterocycles. The number of hydrogen-bond acceptors (Lipinski definition) is 2. The number of benzene rings is 2. The molecule has 2 N–H and O–H groups in total. The number of nitrogens with two attached hydrogens (primary N) is 1. The summed E-state index contributed by atoms with van der Waals surface area (Å²) < 4.78 is 0. The van der Waals surface area contributed by atoms with E-state index in [1.165, 1.54) is 48.1 Å². The van der Waals surface area contributed by atoms with E-state index in [1.807, 2.05) is 0 Å². The number of nitrogens with zero attached hydrogens (tertiary/aromatic N) is 1. The molecule has 1 atom stereocenters. The fraction of sp³-hybridized carbons (Fsp3) is 0.333. The molecule has 0 radical (unpaired) electrons. The lowest BCUT2D eigenvalue weighted by Crippen LogP contribution is -2.33. The molecule has 102 valence electrons. The van der Waals surface area contributed by atoms with Gasteiger partial charge < -0.3 is 5.73 Å². The average Bonchev–Trinajstić information content (AvgIpc) is 2.89. The van der Waals surface area contributed by atoms with Crippen LogP contribution in [0.2, 0.25) is 0 Å². The van der Waals surface area contributed by atoms with Gasteiger partial charge in [-0.3, -0.25) is 4.90 Å². The molecule has 0 amide bonds. The van der Waals surface area contributed by atoms with E-state index in [1.54, 1.807) is 0 Å². The Kier molecular flexibility index (Phi) is 2.78. The summed E-state index contributed by atoms with van der Waals surface area (Å²) in [4.78, 5) is 2.64. The van der Waals surface area contributed by atoms with Crippen molar-refractivity contribution in [1.82, 2.24) is 4.90 Å². The number of anilines is 1. The van der Waals surface area contributed by atoms with E-state index < -0.39 is 0 Å². The molecule has 0 spiro atoms. The summed E-state index contributed by atoms with van der Waals surface area (Å²) >= 11 is 0. The Balaban J connectivity index is 1.62. The highest BCUT2D eigenvalue weighted by atomic mass is 15.2. The van der Waals surface area contributed by atoms with Crippen LogP contribution < -0.4 is 5.73 Å². The first-order chi connectivity index (χ1) is 9.81. The van der Waals surface area contributed by atoms with Gasteiger partial charge in [0.15, 0.2) is 0 Å². The molecule has 0 fully saturated rings. The van der Waals surface area contributed by atoms with Crippen molar-refractivity contribution in [3.63, 3.8) is 0 Å². The third kappa shape index (κ3) is 1.92.